The number of amides is 2. The van der Waals surface area contributed by atoms with Gasteiger partial charge >= 0.3 is 0 Å². The number of nitrogens with one attached hydrogen (secondary N) is 2. The summed E-state index contributed by atoms with van der Waals surface area (Å²) in [7, 11) is 0. The minimum Gasteiger partial charge on any atom is -0.372 e. The molecule has 152 valence electrons. The first-order valence-corrected chi connectivity index (χ1v) is 9.03. The van der Waals surface area contributed by atoms with E-state index in [9.17, 15) is 19.7 Å². The fourth-order valence-electron chi connectivity index (χ4n) is 2.70. The van der Waals surface area contributed by atoms with E-state index in [4.69, 9.17) is 5.84 Å². The van der Waals surface area contributed by atoms with Gasteiger partial charge in [-0.15, -0.1) is 0 Å². The molecule has 0 aliphatic rings. The van der Waals surface area contributed by atoms with Crippen LogP contribution in [0.2, 0.25) is 0 Å². The lowest BCUT2D eigenvalue weighted by Gasteiger charge is -2.20. The molecule has 2 aromatic carbocycles. The molecule has 2 amide bonds. The van der Waals surface area contributed by atoms with E-state index in [2.05, 4.69) is 24.1 Å². The topological polar surface area (TPSA) is 131 Å². The molecule has 2 aromatic rings. The summed E-state index contributed by atoms with van der Waals surface area (Å²) in [6.45, 7) is 5.87. The van der Waals surface area contributed by atoms with Gasteiger partial charge in [0.1, 0.15) is 5.70 Å². The maximum absolute atomic E-state index is 12.4. The number of nitrogens with two attached hydrogens (primary N) is 1. The smallest absolute Gasteiger partial charge is 0.281 e. The van der Waals surface area contributed by atoms with Gasteiger partial charge in [0.05, 0.1) is 4.92 Å². The average Bonchev–Trinajstić information content (AvgIpc) is 2.74. The molecule has 0 saturated carbocycles. The number of rotatable bonds is 8. The second kappa shape index (κ2) is 10.00. The summed E-state index contributed by atoms with van der Waals surface area (Å²) in [6, 6.07) is 12.6. The van der Waals surface area contributed by atoms with Gasteiger partial charge in [-0.2, -0.15) is 0 Å². The van der Waals surface area contributed by atoms with Crippen LogP contribution in [0.4, 0.5) is 11.4 Å². The lowest BCUT2D eigenvalue weighted by atomic mass is 10.1. The Morgan fingerprint density at radius 3 is 2.14 bits per heavy atom. The molecule has 9 heteroatoms. The summed E-state index contributed by atoms with van der Waals surface area (Å²) in [6.07, 6.45) is 1.50. The van der Waals surface area contributed by atoms with Crippen LogP contribution in [0.1, 0.15) is 29.8 Å². The maximum Gasteiger partial charge on any atom is 0.281 e. The fourth-order valence-corrected chi connectivity index (χ4v) is 2.70. The Bertz CT molecular complexity index is 903. The van der Waals surface area contributed by atoms with Crippen molar-refractivity contribution in [1.29, 1.82) is 0 Å². The zero-order chi connectivity index (χ0) is 21.4. The van der Waals surface area contributed by atoms with E-state index in [1.165, 1.54) is 30.3 Å². The SMILES string of the molecule is CCN(CC)c1ccc(/C=C(\NC(=O)c2ccc([N+](=O)[O-])cc2)C(=O)NN)cc1. The Labute approximate surface area is 168 Å². The number of nitro groups is 1. The van der Waals surface area contributed by atoms with Crippen molar-refractivity contribution in [2.45, 2.75) is 13.8 Å². The zero-order valence-electron chi connectivity index (χ0n) is 16.2. The number of nitrogens with zero attached hydrogens (tertiary/aromatic N) is 2. The quantitative estimate of drug-likeness (QED) is 0.206. The first-order chi connectivity index (χ1) is 13.9. The van der Waals surface area contributed by atoms with E-state index in [0.717, 1.165) is 18.8 Å². The Morgan fingerprint density at radius 1 is 1.07 bits per heavy atom. The molecule has 4 N–H and O–H groups in total. The minimum atomic E-state index is -0.673. The third-order valence-electron chi connectivity index (χ3n) is 4.30. The molecule has 0 fully saturated rings. The van der Waals surface area contributed by atoms with Gasteiger partial charge in [-0.1, -0.05) is 12.1 Å². The summed E-state index contributed by atoms with van der Waals surface area (Å²) in [5.74, 6) is 3.96. The van der Waals surface area contributed by atoms with Crippen LogP contribution in [0.5, 0.6) is 0 Å². The van der Waals surface area contributed by atoms with Crippen LogP contribution in [0.25, 0.3) is 6.08 Å². The van der Waals surface area contributed by atoms with Crippen LogP contribution in [0, 0.1) is 10.1 Å². The van der Waals surface area contributed by atoms with Crippen LogP contribution in [0.15, 0.2) is 54.2 Å². The summed E-state index contributed by atoms with van der Waals surface area (Å²) in [4.78, 5) is 36.8. The summed E-state index contributed by atoms with van der Waals surface area (Å²) in [5.41, 5.74) is 3.73. The van der Waals surface area contributed by atoms with E-state index in [-0.39, 0.29) is 16.9 Å². The Hall–Kier alpha value is -3.72. The molecule has 0 aliphatic heterocycles. The number of hydrogen-bond donors (Lipinski definition) is 3. The molecular weight excluding hydrogens is 374 g/mol. The number of non-ortho nitro benzene ring substituents is 1. The Balaban J connectivity index is 2.23. The largest absolute Gasteiger partial charge is 0.372 e. The van der Waals surface area contributed by atoms with Gasteiger partial charge in [-0.05, 0) is 49.8 Å². The fraction of sp³-hybridized carbons (Fsp3) is 0.200. The molecule has 0 bridgehead atoms. The van der Waals surface area contributed by atoms with Crippen molar-refractivity contribution in [3.63, 3.8) is 0 Å². The highest BCUT2D eigenvalue weighted by atomic mass is 16.6. The molecule has 0 aliphatic carbocycles. The highest BCUT2D eigenvalue weighted by molar-refractivity contribution is 6.05. The van der Waals surface area contributed by atoms with Crippen molar-refractivity contribution in [2.24, 2.45) is 5.84 Å². The van der Waals surface area contributed by atoms with Crippen LogP contribution in [-0.4, -0.2) is 29.8 Å². The number of anilines is 1. The Kier molecular flexibility index (Phi) is 7.44. The molecule has 0 atom stereocenters. The number of benzene rings is 2. The van der Waals surface area contributed by atoms with Gasteiger partial charge < -0.3 is 10.2 Å². The van der Waals surface area contributed by atoms with Gasteiger partial charge in [0.2, 0.25) is 0 Å². The summed E-state index contributed by atoms with van der Waals surface area (Å²) >= 11 is 0. The van der Waals surface area contributed by atoms with E-state index < -0.39 is 16.7 Å². The standard InChI is InChI=1S/C20H23N5O4/c1-3-24(4-2)16-9-5-14(6-10-16)13-18(20(27)23-21)22-19(26)15-7-11-17(12-8-15)25(28)29/h5-13H,3-4,21H2,1-2H3,(H,22,26)(H,23,27)/b18-13-. The predicted octanol–water partition coefficient (Wildman–Crippen LogP) is 2.20. The molecule has 29 heavy (non-hydrogen) atoms. The van der Waals surface area contributed by atoms with Crippen molar-refractivity contribution in [2.75, 3.05) is 18.0 Å². The molecule has 0 aromatic heterocycles. The predicted molar refractivity (Wildman–Crippen MR) is 111 cm³/mol. The van der Waals surface area contributed by atoms with E-state index >= 15 is 0 Å². The van der Waals surface area contributed by atoms with E-state index in [1.54, 1.807) is 0 Å². The van der Waals surface area contributed by atoms with Crippen molar-refractivity contribution in [1.82, 2.24) is 10.7 Å². The second-order valence-corrected chi connectivity index (χ2v) is 6.05. The first-order valence-electron chi connectivity index (χ1n) is 9.03. The third-order valence-corrected chi connectivity index (χ3v) is 4.30. The lowest BCUT2D eigenvalue weighted by Crippen LogP contribution is -2.38. The molecule has 2 rings (SSSR count). The molecular formula is C20H23N5O4. The molecule has 9 nitrogen and oxygen atoms in total. The van der Waals surface area contributed by atoms with Crippen molar-refractivity contribution < 1.29 is 14.5 Å². The average molecular weight is 397 g/mol. The third kappa shape index (κ3) is 5.63. The number of hydrazine groups is 1. The number of carbonyl (C=O) groups is 2. The minimum absolute atomic E-state index is 0.0496. The molecule has 0 unspecified atom stereocenters. The molecule has 0 spiro atoms. The second-order valence-electron chi connectivity index (χ2n) is 6.05. The Morgan fingerprint density at radius 2 is 1.66 bits per heavy atom. The maximum atomic E-state index is 12.4. The lowest BCUT2D eigenvalue weighted by molar-refractivity contribution is -0.384. The number of hydrogen-bond acceptors (Lipinski definition) is 6. The summed E-state index contributed by atoms with van der Waals surface area (Å²) in [5, 5.41) is 13.2. The summed E-state index contributed by atoms with van der Waals surface area (Å²) < 4.78 is 0. The molecule has 0 radical (unpaired) electrons. The van der Waals surface area contributed by atoms with Crippen molar-refractivity contribution in [3.05, 3.63) is 75.5 Å². The zero-order valence-corrected chi connectivity index (χ0v) is 16.2. The monoisotopic (exact) mass is 397 g/mol. The van der Waals surface area contributed by atoms with Gasteiger partial charge in [0, 0.05) is 36.5 Å². The normalized spacial score (nSPS) is 10.9. The van der Waals surface area contributed by atoms with E-state index in [0.29, 0.717) is 5.56 Å². The van der Waals surface area contributed by atoms with Gasteiger partial charge in [-0.3, -0.25) is 25.1 Å². The van der Waals surface area contributed by atoms with Gasteiger partial charge in [0.25, 0.3) is 17.5 Å². The van der Waals surface area contributed by atoms with Crippen LogP contribution in [-0.2, 0) is 4.79 Å². The molecule has 0 saturated heterocycles. The highest BCUT2D eigenvalue weighted by Crippen LogP contribution is 2.17. The van der Waals surface area contributed by atoms with Crippen LogP contribution >= 0.6 is 0 Å². The van der Waals surface area contributed by atoms with Gasteiger partial charge in [-0.25, -0.2) is 5.84 Å². The number of carbonyl (C=O) groups excluding carboxylic acids is 2. The van der Waals surface area contributed by atoms with Gasteiger partial charge in [0.15, 0.2) is 0 Å². The van der Waals surface area contributed by atoms with Crippen molar-refractivity contribution >= 4 is 29.3 Å². The highest BCUT2D eigenvalue weighted by Gasteiger charge is 2.15. The number of nitro benzene ring substituents is 1. The van der Waals surface area contributed by atoms with Crippen molar-refractivity contribution in [3.8, 4) is 0 Å². The first kappa shape index (κ1) is 21.6. The molecule has 0 heterocycles. The van der Waals surface area contributed by atoms with Crippen LogP contribution < -0.4 is 21.5 Å². The van der Waals surface area contributed by atoms with Crippen LogP contribution in [0.3, 0.4) is 0 Å². The van der Waals surface area contributed by atoms with E-state index in [1.807, 2.05) is 29.7 Å².